The Morgan fingerprint density at radius 2 is 2.00 bits per heavy atom. The number of pyridine rings is 1. The summed E-state index contributed by atoms with van der Waals surface area (Å²) in [5, 5.41) is 9.45. The zero-order valence-corrected chi connectivity index (χ0v) is 8.73. The molecule has 0 aromatic carbocycles. The van der Waals surface area contributed by atoms with E-state index in [1.807, 2.05) is 12.1 Å². The molecule has 1 heterocycles. The molecule has 3 heteroatoms. The summed E-state index contributed by atoms with van der Waals surface area (Å²) < 4.78 is 5.45. The van der Waals surface area contributed by atoms with Gasteiger partial charge in [-0.25, -0.2) is 0 Å². The zero-order valence-electron chi connectivity index (χ0n) is 8.73. The van der Waals surface area contributed by atoms with E-state index in [4.69, 9.17) is 4.74 Å². The molecule has 0 amide bonds. The molecule has 0 saturated carbocycles. The topological polar surface area (TPSA) is 42.4 Å². The van der Waals surface area contributed by atoms with Crippen molar-refractivity contribution in [1.29, 1.82) is 0 Å². The number of nitrogens with zero attached hydrogens (tertiary/aromatic N) is 1. The monoisotopic (exact) mass is 195 g/mol. The van der Waals surface area contributed by atoms with Gasteiger partial charge in [0.05, 0.1) is 12.2 Å². The first-order valence-electron chi connectivity index (χ1n) is 4.83. The maximum absolute atomic E-state index is 9.45. The Kier molecular flexibility index (Phi) is 3.89. The number of hydrogen-bond donors (Lipinski definition) is 1. The van der Waals surface area contributed by atoms with E-state index < -0.39 is 5.60 Å². The SMILES string of the molecule is CC(C)(O)CCCOc1ccncc1. The van der Waals surface area contributed by atoms with Crippen LogP contribution in [0.15, 0.2) is 24.5 Å². The van der Waals surface area contributed by atoms with E-state index in [-0.39, 0.29) is 0 Å². The van der Waals surface area contributed by atoms with Gasteiger partial charge >= 0.3 is 0 Å². The Bertz CT molecular complexity index is 254. The molecule has 1 rings (SSSR count). The summed E-state index contributed by atoms with van der Waals surface area (Å²) in [6.07, 6.45) is 5.00. The molecule has 0 atom stereocenters. The van der Waals surface area contributed by atoms with Crippen molar-refractivity contribution in [3.8, 4) is 5.75 Å². The lowest BCUT2D eigenvalue weighted by Gasteiger charge is -2.16. The smallest absolute Gasteiger partial charge is 0.122 e. The Morgan fingerprint density at radius 3 is 2.57 bits per heavy atom. The predicted molar refractivity (Wildman–Crippen MR) is 55.3 cm³/mol. The predicted octanol–water partition coefficient (Wildman–Crippen LogP) is 2.01. The molecule has 0 aliphatic heterocycles. The molecular formula is C11H17NO2. The van der Waals surface area contributed by atoms with Gasteiger partial charge in [0.2, 0.25) is 0 Å². The summed E-state index contributed by atoms with van der Waals surface area (Å²) in [5.41, 5.74) is -0.596. The number of ether oxygens (including phenoxy) is 1. The maximum Gasteiger partial charge on any atom is 0.122 e. The van der Waals surface area contributed by atoms with Gasteiger partial charge in [-0.1, -0.05) is 0 Å². The summed E-state index contributed by atoms with van der Waals surface area (Å²) in [6, 6.07) is 3.65. The van der Waals surface area contributed by atoms with E-state index in [0.29, 0.717) is 6.61 Å². The highest BCUT2D eigenvalue weighted by Crippen LogP contribution is 2.12. The summed E-state index contributed by atoms with van der Waals surface area (Å²) >= 11 is 0. The van der Waals surface area contributed by atoms with Crippen LogP contribution in [0.1, 0.15) is 26.7 Å². The van der Waals surface area contributed by atoms with E-state index >= 15 is 0 Å². The van der Waals surface area contributed by atoms with E-state index in [1.54, 1.807) is 26.2 Å². The van der Waals surface area contributed by atoms with Crippen molar-refractivity contribution in [3.05, 3.63) is 24.5 Å². The third kappa shape index (κ3) is 4.82. The second-order valence-corrected chi connectivity index (χ2v) is 3.95. The van der Waals surface area contributed by atoms with Gasteiger partial charge in [-0.3, -0.25) is 4.98 Å². The van der Waals surface area contributed by atoms with Crippen LogP contribution < -0.4 is 4.74 Å². The van der Waals surface area contributed by atoms with Crippen molar-refractivity contribution >= 4 is 0 Å². The van der Waals surface area contributed by atoms with Crippen LogP contribution in [0.25, 0.3) is 0 Å². The fourth-order valence-electron chi connectivity index (χ4n) is 1.13. The molecular weight excluding hydrogens is 178 g/mol. The Morgan fingerprint density at radius 1 is 1.36 bits per heavy atom. The molecule has 0 spiro atoms. The number of rotatable bonds is 5. The van der Waals surface area contributed by atoms with Crippen LogP contribution in [0.4, 0.5) is 0 Å². The normalized spacial score (nSPS) is 11.4. The number of hydrogen-bond acceptors (Lipinski definition) is 3. The van der Waals surface area contributed by atoms with Crippen LogP contribution in [-0.2, 0) is 0 Å². The van der Waals surface area contributed by atoms with Gasteiger partial charge in [-0.2, -0.15) is 0 Å². The fourth-order valence-corrected chi connectivity index (χ4v) is 1.13. The number of aromatic nitrogens is 1. The highest BCUT2D eigenvalue weighted by Gasteiger charge is 2.11. The minimum Gasteiger partial charge on any atom is -0.493 e. The van der Waals surface area contributed by atoms with Crippen molar-refractivity contribution in [2.45, 2.75) is 32.3 Å². The molecule has 1 aromatic rings. The van der Waals surface area contributed by atoms with Gasteiger partial charge in [0, 0.05) is 12.4 Å². The van der Waals surface area contributed by atoms with Crippen molar-refractivity contribution in [3.63, 3.8) is 0 Å². The standard InChI is InChI=1S/C11H17NO2/c1-11(2,13)6-3-9-14-10-4-7-12-8-5-10/h4-5,7-8,13H,3,6,9H2,1-2H3. The average molecular weight is 195 g/mol. The molecule has 0 radical (unpaired) electrons. The summed E-state index contributed by atoms with van der Waals surface area (Å²) in [5.74, 6) is 0.829. The highest BCUT2D eigenvalue weighted by molar-refractivity contribution is 5.16. The van der Waals surface area contributed by atoms with Crippen molar-refractivity contribution < 1.29 is 9.84 Å². The fraction of sp³-hybridized carbons (Fsp3) is 0.545. The highest BCUT2D eigenvalue weighted by atomic mass is 16.5. The van der Waals surface area contributed by atoms with Crippen LogP contribution in [0.5, 0.6) is 5.75 Å². The van der Waals surface area contributed by atoms with Crippen molar-refractivity contribution in [2.24, 2.45) is 0 Å². The molecule has 0 saturated heterocycles. The summed E-state index contributed by atoms with van der Waals surface area (Å²) in [4.78, 5) is 3.89. The molecule has 1 N–H and O–H groups in total. The Balaban J connectivity index is 2.17. The molecule has 0 bridgehead atoms. The second kappa shape index (κ2) is 4.96. The largest absolute Gasteiger partial charge is 0.493 e. The molecule has 0 aliphatic rings. The minimum atomic E-state index is -0.596. The molecule has 0 aliphatic carbocycles. The van der Waals surface area contributed by atoms with Crippen LogP contribution in [0.2, 0.25) is 0 Å². The quantitative estimate of drug-likeness (QED) is 0.731. The molecule has 78 valence electrons. The van der Waals surface area contributed by atoms with Crippen LogP contribution >= 0.6 is 0 Å². The first kappa shape index (κ1) is 11.0. The first-order valence-corrected chi connectivity index (χ1v) is 4.83. The second-order valence-electron chi connectivity index (χ2n) is 3.95. The van der Waals surface area contributed by atoms with Gasteiger partial charge < -0.3 is 9.84 Å². The third-order valence-corrected chi connectivity index (χ3v) is 1.85. The lowest BCUT2D eigenvalue weighted by Crippen LogP contribution is -2.19. The maximum atomic E-state index is 9.45. The van der Waals surface area contributed by atoms with Gasteiger partial charge in [0.15, 0.2) is 0 Å². The Labute approximate surface area is 84.7 Å². The first-order chi connectivity index (χ1) is 6.58. The van der Waals surface area contributed by atoms with E-state index in [0.717, 1.165) is 18.6 Å². The summed E-state index contributed by atoms with van der Waals surface area (Å²) in [6.45, 7) is 4.24. The summed E-state index contributed by atoms with van der Waals surface area (Å²) in [7, 11) is 0. The molecule has 3 nitrogen and oxygen atoms in total. The third-order valence-electron chi connectivity index (χ3n) is 1.85. The van der Waals surface area contributed by atoms with E-state index in [2.05, 4.69) is 4.98 Å². The zero-order chi connectivity index (χ0) is 10.4. The van der Waals surface area contributed by atoms with Gasteiger partial charge in [0.25, 0.3) is 0 Å². The van der Waals surface area contributed by atoms with Crippen LogP contribution in [-0.4, -0.2) is 22.3 Å². The van der Waals surface area contributed by atoms with Crippen LogP contribution in [0.3, 0.4) is 0 Å². The lowest BCUT2D eigenvalue weighted by molar-refractivity contribution is 0.0641. The van der Waals surface area contributed by atoms with Gasteiger partial charge in [-0.05, 0) is 38.8 Å². The van der Waals surface area contributed by atoms with E-state index in [9.17, 15) is 5.11 Å². The minimum absolute atomic E-state index is 0.596. The lowest BCUT2D eigenvalue weighted by atomic mass is 10.0. The van der Waals surface area contributed by atoms with Crippen LogP contribution in [0, 0.1) is 0 Å². The average Bonchev–Trinajstić information content (AvgIpc) is 2.13. The molecule has 0 unspecified atom stereocenters. The van der Waals surface area contributed by atoms with Gasteiger partial charge in [0.1, 0.15) is 5.75 Å². The molecule has 1 aromatic heterocycles. The van der Waals surface area contributed by atoms with Gasteiger partial charge in [-0.15, -0.1) is 0 Å². The van der Waals surface area contributed by atoms with E-state index in [1.165, 1.54) is 0 Å². The Hall–Kier alpha value is -1.09. The van der Waals surface area contributed by atoms with Crippen molar-refractivity contribution in [2.75, 3.05) is 6.61 Å². The molecule has 0 fully saturated rings. The number of aliphatic hydroxyl groups is 1. The molecule has 14 heavy (non-hydrogen) atoms. The van der Waals surface area contributed by atoms with Crippen molar-refractivity contribution in [1.82, 2.24) is 4.98 Å².